The van der Waals surface area contributed by atoms with E-state index in [-0.39, 0.29) is 5.13 Å². The predicted octanol–water partition coefficient (Wildman–Crippen LogP) is 4.89. The van der Waals surface area contributed by atoms with Crippen LogP contribution in [0.15, 0.2) is 55.1 Å². The van der Waals surface area contributed by atoms with E-state index in [4.69, 9.17) is 4.98 Å². The first-order chi connectivity index (χ1) is 16.1. The van der Waals surface area contributed by atoms with Crippen molar-refractivity contribution in [2.75, 3.05) is 19.0 Å². The third-order valence-electron chi connectivity index (χ3n) is 5.44. The van der Waals surface area contributed by atoms with E-state index in [0.717, 1.165) is 44.0 Å². The molecule has 0 radical (unpaired) electrons. The van der Waals surface area contributed by atoms with Gasteiger partial charge in [0.05, 0.1) is 17.3 Å². The van der Waals surface area contributed by atoms with Gasteiger partial charge in [-0.15, -0.1) is 11.3 Å². The van der Waals surface area contributed by atoms with Gasteiger partial charge in [0.2, 0.25) is 0 Å². The van der Waals surface area contributed by atoms with Gasteiger partial charge in [0.1, 0.15) is 11.2 Å². The highest BCUT2D eigenvalue weighted by molar-refractivity contribution is 7.14. The van der Waals surface area contributed by atoms with Crippen LogP contribution in [-0.4, -0.2) is 49.2 Å². The molecule has 6 heterocycles. The summed E-state index contributed by atoms with van der Waals surface area (Å²) in [6.45, 7) is 0. The summed E-state index contributed by atoms with van der Waals surface area (Å²) in [5, 5.41) is 8.02. The highest BCUT2D eigenvalue weighted by Crippen LogP contribution is 2.34. The molecule has 0 aliphatic heterocycles. The Kier molecular flexibility index (Phi) is 4.40. The van der Waals surface area contributed by atoms with Crippen LogP contribution in [0.25, 0.3) is 55.3 Å². The molecular formula is C23H17FN8S. The predicted molar refractivity (Wildman–Crippen MR) is 128 cm³/mol. The Morgan fingerprint density at radius 1 is 0.970 bits per heavy atom. The summed E-state index contributed by atoms with van der Waals surface area (Å²) in [7, 11) is 3.95. The van der Waals surface area contributed by atoms with Crippen LogP contribution in [0, 0.1) is 5.13 Å². The summed E-state index contributed by atoms with van der Waals surface area (Å²) in [5.74, 6) is 0.562. The van der Waals surface area contributed by atoms with Crippen molar-refractivity contribution in [3.8, 4) is 33.1 Å². The highest BCUT2D eigenvalue weighted by Gasteiger charge is 2.18. The van der Waals surface area contributed by atoms with Crippen molar-refractivity contribution in [2.24, 2.45) is 0 Å². The number of anilines is 1. The molecule has 6 aromatic heterocycles. The van der Waals surface area contributed by atoms with Crippen molar-refractivity contribution in [2.45, 2.75) is 0 Å². The lowest BCUT2D eigenvalue weighted by Crippen LogP contribution is -2.08. The summed E-state index contributed by atoms with van der Waals surface area (Å²) in [5.41, 5.74) is 6.26. The summed E-state index contributed by atoms with van der Waals surface area (Å²) < 4.78 is 13.6. The third kappa shape index (κ3) is 3.31. The molecule has 0 aromatic carbocycles. The topological polar surface area (TPSA) is 99.3 Å². The number of hydrogen-bond donors (Lipinski definition) is 2. The van der Waals surface area contributed by atoms with Gasteiger partial charge in [-0.05, 0) is 30.3 Å². The lowest BCUT2D eigenvalue weighted by Gasteiger charge is -2.12. The molecule has 162 valence electrons. The number of aromatic amines is 2. The van der Waals surface area contributed by atoms with Crippen molar-refractivity contribution in [1.29, 1.82) is 0 Å². The number of nitrogens with one attached hydrogen (secondary N) is 2. The Hall–Kier alpha value is -4.18. The average Bonchev–Trinajstić information content (AvgIpc) is 3.55. The summed E-state index contributed by atoms with van der Waals surface area (Å²) in [6, 6.07) is 9.12. The first-order valence-electron chi connectivity index (χ1n) is 10.1. The molecule has 0 atom stereocenters. The van der Waals surface area contributed by atoms with E-state index in [1.54, 1.807) is 18.5 Å². The number of fused-ring (bicyclic) bond motifs is 2. The second-order valence-electron chi connectivity index (χ2n) is 7.76. The van der Waals surface area contributed by atoms with E-state index in [2.05, 4.69) is 36.2 Å². The Labute approximate surface area is 191 Å². The van der Waals surface area contributed by atoms with Crippen molar-refractivity contribution >= 4 is 39.2 Å². The van der Waals surface area contributed by atoms with E-state index >= 15 is 0 Å². The molecule has 6 aromatic rings. The van der Waals surface area contributed by atoms with E-state index in [1.165, 1.54) is 6.07 Å². The molecule has 0 amide bonds. The van der Waals surface area contributed by atoms with Crippen molar-refractivity contribution < 1.29 is 4.39 Å². The molecule has 0 fully saturated rings. The normalized spacial score (nSPS) is 11.5. The van der Waals surface area contributed by atoms with E-state index in [1.807, 2.05) is 43.5 Å². The fourth-order valence-corrected chi connectivity index (χ4v) is 4.51. The summed E-state index contributed by atoms with van der Waals surface area (Å²) >= 11 is 1.08. The maximum Gasteiger partial charge on any atom is 0.176 e. The lowest BCUT2D eigenvalue weighted by atomic mass is 10.1. The SMILES string of the molecule is CN(C)c1cncc(-c2cnc3[nH]nc(-c4nc5c(-c6ccc(F)s6)ccnc5[nH]4)c3c2)c1. The van der Waals surface area contributed by atoms with Crippen LogP contribution in [0.1, 0.15) is 0 Å². The largest absolute Gasteiger partial charge is 0.376 e. The minimum Gasteiger partial charge on any atom is -0.376 e. The monoisotopic (exact) mass is 456 g/mol. The van der Waals surface area contributed by atoms with Gasteiger partial charge < -0.3 is 9.88 Å². The molecule has 0 spiro atoms. The minimum absolute atomic E-state index is 0.240. The van der Waals surface area contributed by atoms with Crippen LogP contribution in [0.3, 0.4) is 0 Å². The van der Waals surface area contributed by atoms with Crippen LogP contribution in [-0.2, 0) is 0 Å². The van der Waals surface area contributed by atoms with Gasteiger partial charge in [-0.1, -0.05) is 0 Å². The Morgan fingerprint density at radius 3 is 2.67 bits per heavy atom. The van der Waals surface area contributed by atoms with Gasteiger partial charge in [0.15, 0.2) is 22.2 Å². The Morgan fingerprint density at radius 2 is 1.85 bits per heavy atom. The van der Waals surface area contributed by atoms with Gasteiger partial charge >= 0.3 is 0 Å². The van der Waals surface area contributed by atoms with Crippen LogP contribution in [0.2, 0.25) is 0 Å². The Balaban J connectivity index is 1.48. The molecule has 0 saturated carbocycles. The molecular weight excluding hydrogens is 439 g/mol. The van der Waals surface area contributed by atoms with Gasteiger partial charge in [-0.25, -0.2) is 15.0 Å². The quantitative estimate of drug-likeness (QED) is 0.392. The summed E-state index contributed by atoms with van der Waals surface area (Å²) in [6.07, 6.45) is 7.11. The van der Waals surface area contributed by atoms with Crippen molar-refractivity contribution in [3.63, 3.8) is 0 Å². The molecule has 0 aliphatic rings. The number of rotatable bonds is 4. The van der Waals surface area contributed by atoms with Crippen LogP contribution >= 0.6 is 11.3 Å². The van der Waals surface area contributed by atoms with Gasteiger partial charge in [-0.3, -0.25) is 10.1 Å². The number of thiophene rings is 1. The van der Waals surface area contributed by atoms with Gasteiger partial charge in [0, 0.05) is 54.3 Å². The first-order valence-corrected chi connectivity index (χ1v) is 11.0. The van der Waals surface area contributed by atoms with E-state index < -0.39 is 0 Å². The average molecular weight is 457 g/mol. The molecule has 2 N–H and O–H groups in total. The number of hydrogen-bond acceptors (Lipinski definition) is 7. The molecule has 0 unspecified atom stereocenters. The molecule has 0 bridgehead atoms. The molecule has 10 heteroatoms. The molecule has 8 nitrogen and oxygen atoms in total. The second-order valence-corrected chi connectivity index (χ2v) is 8.80. The Bertz CT molecular complexity index is 1630. The fourth-order valence-electron chi connectivity index (χ4n) is 3.75. The highest BCUT2D eigenvalue weighted by atomic mass is 32.1. The first kappa shape index (κ1) is 19.5. The smallest absolute Gasteiger partial charge is 0.176 e. The maximum atomic E-state index is 13.6. The fraction of sp³-hybridized carbons (Fsp3) is 0.0870. The zero-order chi connectivity index (χ0) is 22.5. The lowest BCUT2D eigenvalue weighted by molar-refractivity contribution is 0.657. The van der Waals surface area contributed by atoms with Crippen molar-refractivity contribution in [1.82, 2.24) is 35.1 Å². The van der Waals surface area contributed by atoms with Crippen LogP contribution < -0.4 is 4.90 Å². The molecule has 0 aliphatic carbocycles. The van der Waals surface area contributed by atoms with Crippen LogP contribution in [0.4, 0.5) is 10.1 Å². The zero-order valence-corrected chi connectivity index (χ0v) is 18.5. The third-order valence-corrected chi connectivity index (χ3v) is 6.34. The summed E-state index contributed by atoms with van der Waals surface area (Å²) in [4.78, 5) is 24.1. The number of nitrogens with zero attached hydrogens (tertiary/aromatic N) is 6. The van der Waals surface area contributed by atoms with Gasteiger partial charge in [-0.2, -0.15) is 9.49 Å². The minimum atomic E-state index is -0.240. The van der Waals surface area contributed by atoms with Gasteiger partial charge in [0.25, 0.3) is 0 Å². The number of pyridine rings is 3. The number of aromatic nitrogens is 7. The number of imidazole rings is 1. The maximum absolute atomic E-state index is 13.6. The number of H-pyrrole nitrogens is 2. The second kappa shape index (κ2) is 7.45. The van der Waals surface area contributed by atoms with E-state index in [0.29, 0.717) is 28.3 Å². The van der Waals surface area contributed by atoms with Crippen LogP contribution in [0.5, 0.6) is 0 Å². The standard InChI is InChI=1S/C23H17FN8S/c1-32(2)14-7-12(9-25-11-14)13-8-16-20(30-31-21(16)27-10-13)23-28-19-15(5-6-26-22(19)29-23)17-3-4-18(24)33-17/h3-11H,1-2H3,(H,26,28,29)(H,27,30,31). The zero-order valence-electron chi connectivity index (χ0n) is 17.7. The van der Waals surface area contributed by atoms with E-state index in [9.17, 15) is 4.39 Å². The molecule has 33 heavy (non-hydrogen) atoms. The van der Waals surface area contributed by atoms with Crippen molar-refractivity contribution in [3.05, 3.63) is 60.3 Å². The molecule has 0 saturated heterocycles. The number of halogens is 1. The molecule has 6 rings (SSSR count).